The molecule has 0 spiro atoms. The second-order valence-electron chi connectivity index (χ2n) is 7.94. The molecule has 174 valence electrons. The van der Waals surface area contributed by atoms with E-state index in [9.17, 15) is 18.0 Å². The third kappa shape index (κ3) is 6.06. The van der Waals surface area contributed by atoms with Gasteiger partial charge in [-0.2, -0.15) is 18.3 Å². The molecule has 0 radical (unpaired) electrons. The Hall–Kier alpha value is -4.01. The number of halogens is 3. The van der Waals surface area contributed by atoms with Crippen LogP contribution in [0.1, 0.15) is 28.1 Å². The minimum Gasteiger partial charge on any atom is -0.352 e. The lowest BCUT2D eigenvalue weighted by molar-refractivity contribution is -0.137. The summed E-state index contributed by atoms with van der Waals surface area (Å²) in [5.74, 6) is 0.430. The molecule has 4 rings (SSSR count). The van der Waals surface area contributed by atoms with Gasteiger partial charge in [0.05, 0.1) is 18.2 Å². The standard InChI is InChI=1S/C25H22F3N5O/c1-33-16-19(13-32-33)10-23-29-14-21(15-30-23)20-7-5-17(6-8-20)11-24(34)31-12-18-3-2-4-22(9-18)25(26,27)28/h2-9,13-16H,10-12H2,1H3,(H,31,34). The molecule has 0 aliphatic heterocycles. The fourth-order valence-electron chi connectivity index (χ4n) is 3.46. The van der Waals surface area contributed by atoms with Crippen molar-refractivity contribution in [3.8, 4) is 11.1 Å². The Morgan fingerprint density at radius 3 is 2.32 bits per heavy atom. The van der Waals surface area contributed by atoms with Crippen LogP contribution in [0, 0.1) is 0 Å². The maximum Gasteiger partial charge on any atom is 0.416 e. The molecule has 34 heavy (non-hydrogen) atoms. The maximum atomic E-state index is 12.8. The van der Waals surface area contributed by atoms with Crippen molar-refractivity contribution >= 4 is 5.91 Å². The second-order valence-corrected chi connectivity index (χ2v) is 7.94. The number of hydrogen-bond donors (Lipinski definition) is 1. The van der Waals surface area contributed by atoms with Crippen LogP contribution in [0.3, 0.4) is 0 Å². The van der Waals surface area contributed by atoms with E-state index in [2.05, 4.69) is 20.4 Å². The Labute approximate surface area is 194 Å². The van der Waals surface area contributed by atoms with Gasteiger partial charge < -0.3 is 5.32 Å². The van der Waals surface area contributed by atoms with Crippen molar-refractivity contribution in [2.24, 2.45) is 7.05 Å². The molecular weight excluding hydrogens is 443 g/mol. The van der Waals surface area contributed by atoms with Crippen LogP contribution in [-0.4, -0.2) is 25.7 Å². The van der Waals surface area contributed by atoms with E-state index in [4.69, 9.17) is 0 Å². The van der Waals surface area contributed by atoms with Crippen molar-refractivity contribution in [3.63, 3.8) is 0 Å². The number of rotatable bonds is 7. The van der Waals surface area contributed by atoms with Gasteiger partial charge in [-0.1, -0.05) is 36.4 Å². The van der Waals surface area contributed by atoms with E-state index in [0.717, 1.165) is 34.4 Å². The molecule has 2 heterocycles. The quantitative estimate of drug-likeness (QED) is 0.441. The second kappa shape index (κ2) is 9.86. The van der Waals surface area contributed by atoms with Gasteiger partial charge in [0.25, 0.3) is 0 Å². The smallest absolute Gasteiger partial charge is 0.352 e. The van der Waals surface area contributed by atoms with Gasteiger partial charge >= 0.3 is 6.18 Å². The van der Waals surface area contributed by atoms with Crippen LogP contribution in [0.5, 0.6) is 0 Å². The van der Waals surface area contributed by atoms with Gasteiger partial charge in [-0.05, 0) is 34.4 Å². The fraction of sp³-hybridized carbons (Fsp3) is 0.200. The van der Waals surface area contributed by atoms with E-state index in [-0.39, 0.29) is 18.9 Å². The third-order valence-corrected chi connectivity index (χ3v) is 5.22. The lowest BCUT2D eigenvalue weighted by atomic mass is 10.0. The van der Waals surface area contributed by atoms with Crippen molar-refractivity contribution in [1.29, 1.82) is 0 Å². The number of nitrogens with one attached hydrogen (secondary N) is 1. The first kappa shape index (κ1) is 23.2. The summed E-state index contributed by atoms with van der Waals surface area (Å²) in [7, 11) is 1.86. The number of aromatic nitrogens is 4. The zero-order valence-electron chi connectivity index (χ0n) is 18.4. The first-order chi connectivity index (χ1) is 16.3. The summed E-state index contributed by atoms with van der Waals surface area (Å²) in [6.45, 7) is 0.0313. The van der Waals surface area contributed by atoms with Crippen molar-refractivity contribution in [3.05, 3.63) is 101 Å². The Morgan fingerprint density at radius 2 is 1.68 bits per heavy atom. The first-order valence-corrected chi connectivity index (χ1v) is 10.6. The van der Waals surface area contributed by atoms with Gasteiger partial charge in [-0.3, -0.25) is 9.48 Å². The molecule has 1 amide bonds. The molecule has 4 aromatic rings. The van der Waals surface area contributed by atoms with E-state index in [1.807, 2.05) is 37.5 Å². The molecule has 9 heteroatoms. The highest BCUT2D eigenvalue weighted by molar-refractivity contribution is 5.78. The number of nitrogens with zero attached hydrogens (tertiary/aromatic N) is 4. The minimum absolute atomic E-state index is 0.0313. The molecule has 2 aromatic carbocycles. The van der Waals surface area contributed by atoms with E-state index in [1.54, 1.807) is 29.3 Å². The number of carbonyl (C=O) groups is 1. The number of carbonyl (C=O) groups excluding carboxylic acids is 1. The molecule has 0 aliphatic rings. The number of amides is 1. The summed E-state index contributed by atoms with van der Waals surface area (Å²) in [5.41, 5.74) is 3.26. The van der Waals surface area contributed by atoms with Crippen LogP contribution in [0.25, 0.3) is 11.1 Å². The fourth-order valence-corrected chi connectivity index (χ4v) is 3.46. The molecule has 6 nitrogen and oxygen atoms in total. The molecule has 0 fully saturated rings. The van der Waals surface area contributed by atoms with Gasteiger partial charge in [0, 0.05) is 44.2 Å². The van der Waals surface area contributed by atoms with Crippen molar-refractivity contribution in [1.82, 2.24) is 25.1 Å². The van der Waals surface area contributed by atoms with Crippen molar-refractivity contribution in [2.45, 2.75) is 25.6 Å². The molecule has 0 bridgehead atoms. The van der Waals surface area contributed by atoms with Gasteiger partial charge in [-0.15, -0.1) is 0 Å². The normalized spacial score (nSPS) is 11.4. The molecule has 0 unspecified atom stereocenters. The predicted octanol–water partition coefficient (Wildman–Crippen LogP) is 4.35. The zero-order valence-corrected chi connectivity index (χ0v) is 18.4. The molecule has 1 N–H and O–H groups in total. The number of benzene rings is 2. The summed E-state index contributed by atoms with van der Waals surface area (Å²) in [4.78, 5) is 21.1. The monoisotopic (exact) mass is 465 g/mol. The van der Waals surface area contributed by atoms with Gasteiger partial charge in [-0.25, -0.2) is 9.97 Å². The number of aryl methyl sites for hydroxylation is 1. The molecule has 0 saturated heterocycles. The van der Waals surface area contributed by atoms with Crippen LogP contribution >= 0.6 is 0 Å². The Kier molecular flexibility index (Phi) is 6.72. The molecule has 0 atom stereocenters. The largest absolute Gasteiger partial charge is 0.416 e. The van der Waals surface area contributed by atoms with Crippen molar-refractivity contribution < 1.29 is 18.0 Å². The summed E-state index contributed by atoms with van der Waals surface area (Å²) in [5, 5.41) is 6.81. The summed E-state index contributed by atoms with van der Waals surface area (Å²) < 4.78 is 40.2. The van der Waals surface area contributed by atoms with Crippen LogP contribution in [-0.2, 0) is 37.4 Å². The van der Waals surface area contributed by atoms with Gasteiger partial charge in [0.1, 0.15) is 5.82 Å². The summed E-state index contributed by atoms with van der Waals surface area (Å²) in [6.07, 6.45) is 3.54. The third-order valence-electron chi connectivity index (χ3n) is 5.22. The number of alkyl halides is 3. The molecule has 0 saturated carbocycles. The Bertz CT molecular complexity index is 1260. The van der Waals surface area contributed by atoms with E-state index < -0.39 is 11.7 Å². The maximum absolute atomic E-state index is 12.8. The average Bonchev–Trinajstić information content (AvgIpc) is 3.23. The van der Waals surface area contributed by atoms with E-state index >= 15 is 0 Å². The number of hydrogen-bond acceptors (Lipinski definition) is 4. The minimum atomic E-state index is -4.41. The van der Waals surface area contributed by atoms with Crippen LogP contribution in [0.4, 0.5) is 13.2 Å². The summed E-state index contributed by atoms with van der Waals surface area (Å²) >= 11 is 0. The van der Waals surface area contributed by atoms with Crippen LogP contribution in [0.2, 0.25) is 0 Å². The topological polar surface area (TPSA) is 72.7 Å². The zero-order chi connectivity index (χ0) is 24.1. The molecule has 2 aromatic heterocycles. The average molecular weight is 465 g/mol. The predicted molar refractivity (Wildman–Crippen MR) is 120 cm³/mol. The highest BCUT2D eigenvalue weighted by atomic mass is 19.4. The highest BCUT2D eigenvalue weighted by Gasteiger charge is 2.30. The first-order valence-electron chi connectivity index (χ1n) is 10.6. The SMILES string of the molecule is Cn1cc(Cc2ncc(-c3ccc(CC(=O)NCc4cccc(C(F)(F)F)c4)cc3)cn2)cn1. The lowest BCUT2D eigenvalue weighted by Gasteiger charge is -2.10. The Morgan fingerprint density at radius 1 is 0.941 bits per heavy atom. The van der Waals surface area contributed by atoms with Crippen LogP contribution in [0.15, 0.2) is 73.3 Å². The van der Waals surface area contributed by atoms with E-state index in [0.29, 0.717) is 17.8 Å². The van der Waals surface area contributed by atoms with E-state index in [1.165, 1.54) is 6.07 Å². The summed E-state index contributed by atoms with van der Waals surface area (Å²) in [6, 6.07) is 12.4. The van der Waals surface area contributed by atoms with Gasteiger partial charge in [0.2, 0.25) is 5.91 Å². The highest BCUT2D eigenvalue weighted by Crippen LogP contribution is 2.29. The molecular formula is C25H22F3N5O. The molecule has 0 aliphatic carbocycles. The lowest BCUT2D eigenvalue weighted by Crippen LogP contribution is -2.24. The van der Waals surface area contributed by atoms with Crippen molar-refractivity contribution in [2.75, 3.05) is 0 Å². The van der Waals surface area contributed by atoms with Gasteiger partial charge in [0.15, 0.2) is 0 Å². The Balaban J connectivity index is 1.31. The van der Waals surface area contributed by atoms with Crippen LogP contribution < -0.4 is 5.32 Å².